The number of imidazole rings is 1. The summed E-state index contributed by atoms with van der Waals surface area (Å²) in [6.45, 7) is 4.77. The summed E-state index contributed by atoms with van der Waals surface area (Å²) in [6, 6.07) is 5.41. The smallest absolute Gasteiger partial charge is 0.247 e. The van der Waals surface area contributed by atoms with Gasteiger partial charge in [-0.25, -0.2) is 10.4 Å². The van der Waals surface area contributed by atoms with Crippen LogP contribution in [0.3, 0.4) is 0 Å². The van der Waals surface area contributed by atoms with Crippen LogP contribution in [0.5, 0.6) is 11.5 Å². The van der Waals surface area contributed by atoms with E-state index in [4.69, 9.17) is 25.4 Å². The van der Waals surface area contributed by atoms with E-state index < -0.39 is 30.3 Å². The number of hydrazone groups is 1. The fourth-order valence-corrected chi connectivity index (χ4v) is 3.70. The number of hydrogen-bond donors (Lipinski definition) is 5. The lowest BCUT2D eigenvalue weighted by Gasteiger charge is -2.18. The second kappa shape index (κ2) is 10.0. The number of hydrogen-bond acceptors (Lipinski definition) is 13. The van der Waals surface area contributed by atoms with Crippen LogP contribution in [0.25, 0.3) is 11.2 Å². The van der Waals surface area contributed by atoms with Gasteiger partial charge in [0.15, 0.2) is 35.0 Å². The average molecular weight is 484 g/mol. The predicted molar refractivity (Wildman–Crippen MR) is 125 cm³/mol. The van der Waals surface area contributed by atoms with Gasteiger partial charge in [0.05, 0.1) is 12.5 Å². The van der Waals surface area contributed by atoms with Gasteiger partial charge in [-0.2, -0.15) is 15.1 Å². The van der Waals surface area contributed by atoms with Crippen molar-refractivity contribution in [1.29, 1.82) is 5.41 Å². The molecule has 2 aliphatic rings. The molecule has 14 heteroatoms. The van der Waals surface area contributed by atoms with Gasteiger partial charge in [-0.3, -0.25) is 9.36 Å². The monoisotopic (exact) mass is 484 g/mol. The second-order valence-corrected chi connectivity index (χ2v) is 7.57. The molecule has 35 heavy (non-hydrogen) atoms. The Balaban J connectivity index is 0.00000141. The van der Waals surface area contributed by atoms with E-state index in [2.05, 4.69) is 32.2 Å². The summed E-state index contributed by atoms with van der Waals surface area (Å²) < 4.78 is 18.0. The summed E-state index contributed by atoms with van der Waals surface area (Å²) >= 11 is 0. The lowest BCUT2D eigenvalue weighted by molar-refractivity contribution is -0.133. The Bertz CT molecular complexity index is 1260. The molecule has 4 atom stereocenters. The molecule has 1 saturated heterocycles. The van der Waals surface area contributed by atoms with Crippen LogP contribution in [0.1, 0.15) is 18.7 Å². The van der Waals surface area contributed by atoms with Crippen molar-refractivity contribution in [2.75, 3.05) is 24.4 Å². The third-order valence-corrected chi connectivity index (χ3v) is 5.31. The molecule has 5 rings (SSSR count). The topological polar surface area (TPSA) is 203 Å². The van der Waals surface area contributed by atoms with Gasteiger partial charge in [-0.15, -0.1) is 0 Å². The molecular formula is C21H24N8O6. The minimum atomic E-state index is -1.38. The molecule has 2 aromatic heterocycles. The van der Waals surface area contributed by atoms with Crippen LogP contribution < -0.4 is 20.6 Å². The first kappa shape index (κ1) is 24.0. The van der Waals surface area contributed by atoms with Crippen molar-refractivity contribution in [2.24, 2.45) is 5.10 Å². The molecular weight excluding hydrogens is 460 g/mol. The van der Waals surface area contributed by atoms with Crippen molar-refractivity contribution in [3.05, 3.63) is 30.1 Å². The minimum Gasteiger partial charge on any atom is -0.486 e. The summed E-state index contributed by atoms with van der Waals surface area (Å²) in [5.41, 5.74) is 9.99. The number of carbonyl (C=O) groups is 1. The molecule has 0 aliphatic carbocycles. The summed E-state index contributed by atoms with van der Waals surface area (Å²) in [5, 5.41) is 30.2. The SMILES string of the molecule is C=N.CC(=O)[C@H]1O[C@@H](n2cnc3c(N)nc(N/N=C/c4ccc5c(c4)OCCO5)nc32)[C@H](O)[C@@H]1O. The van der Waals surface area contributed by atoms with Crippen LogP contribution in [-0.2, 0) is 9.53 Å². The van der Waals surface area contributed by atoms with Gasteiger partial charge in [0.25, 0.3) is 0 Å². The molecule has 0 unspecified atom stereocenters. The quantitative estimate of drug-likeness (QED) is 0.243. The van der Waals surface area contributed by atoms with Gasteiger partial charge in [-0.05, 0) is 37.4 Å². The van der Waals surface area contributed by atoms with E-state index >= 15 is 0 Å². The molecule has 4 heterocycles. The van der Waals surface area contributed by atoms with Gasteiger partial charge >= 0.3 is 0 Å². The fourth-order valence-electron chi connectivity index (χ4n) is 3.70. The van der Waals surface area contributed by atoms with Gasteiger partial charge in [-0.1, -0.05) is 0 Å². The Kier molecular flexibility index (Phi) is 6.86. The molecule has 184 valence electrons. The number of nitrogens with zero attached hydrogens (tertiary/aromatic N) is 5. The molecule has 0 saturated carbocycles. The standard InChI is InChI=1S/C20H21N7O6.CH3N/c1-9(28)16-14(29)15(30)19(33-16)27-8-22-13-17(21)24-20(25-18(13)27)26-23-7-10-2-3-11-12(6-10)32-5-4-31-11;1-2/h2-3,6-8,14-16,19,29-30H,4-5H2,1H3,(H3,21,24,25,26);2H,1H2/b23-7+;/t14-,15+,16+,19+;/m0./s1. The van der Waals surface area contributed by atoms with Crippen LogP contribution in [0.4, 0.5) is 11.8 Å². The number of benzene rings is 1. The number of aliphatic hydroxyl groups excluding tert-OH is 2. The highest BCUT2D eigenvalue weighted by atomic mass is 16.6. The maximum Gasteiger partial charge on any atom is 0.247 e. The molecule has 3 aromatic rings. The highest BCUT2D eigenvalue weighted by Crippen LogP contribution is 2.33. The van der Waals surface area contributed by atoms with Crippen LogP contribution in [0.15, 0.2) is 29.6 Å². The molecule has 0 bridgehead atoms. The Morgan fingerprint density at radius 2 is 2.00 bits per heavy atom. The molecule has 0 spiro atoms. The maximum absolute atomic E-state index is 11.7. The Morgan fingerprint density at radius 3 is 2.71 bits per heavy atom. The number of ketones is 1. The van der Waals surface area contributed by atoms with E-state index in [0.717, 1.165) is 5.56 Å². The zero-order valence-electron chi connectivity index (χ0n) is 18.7. The summed E-state index contributed by atoms with van der Waals surface area (Å²) in [4.78, 5) is 24.3. The zero-order chi connectivity index (χ0) is 25.1. The van der Waals surface area contributed by atoms with Gasteiger partial charge in [0.1, 0.15) is 37.0 Å². The number of fused-ring (bicyclic) bond motifs is 2. The molecule has 0 radical (unpaired) electrons. The molecule has 1 aromatic carbocycles. The minimum absolute atomic E-state index is 0.0756. The van der Waals surface area contributed by atoms with Crippen LogP contribution in [0.2, 0.25) is 0 Å². The van der Waals surface area contributed by atoms with E-state index in [0.29, 0.717) is 24.7 Å². The van der Waals surface area contributed by atoms with Gasteiger partial charge in [0.2, 0.25) is 5.95 Å². The van der Waals surface area contributed by atoms with Crippen molar-refractivity contribution in [3.8, 4) is 11.5 Å². The number of nitrogens with two attached hydrogens (primary N) is 1. The van der Waals surface area contributed by atoms with E-state index in [9.17, 15) is 15.0 Å². The normalized spacial score (nSPS) is 23.2. The number of aliphatic hydroxyl groups is 2. The second-order valence-electron chi connectivity index (χ2n) is 7.57. The summed E-state index contributed by atoms with van der Waals surface area (Å²) in [5.74, 6) is 1.06. The average Bonchev–Trinajstić information content (AvgIpc) is 3.41. The Labute approximate surface area is 198 Å². The predicted octanol–water partition coefficient (Wildman–Crippen LogP) is 0.0997. The number of nitrogen functional groups attached to an aromatic ring is 1. The van der Waals surface area contributed by atoms with Crippen LogP contribution in [-0.4, -0.2) is 80.0 Å². The van der Waals surface area contributed by atoms with Crippen LogP contribution >= 0.6 is 0 Å². The number of aromatic nitrogens is 4. The largest absolute Gasteiger partial charge is 0.486 e. The maximum atomic E-state index is 11.7. The number of carbonyl (C=O) groups excluding carboxylic acids is 1. The Hall–Kier alpha value is -4.14. The van der Waals surface area contributed by atoms with Gasteiger partial charge in [0, 0.05) is 0 Å². The lowest BCUT2D eigenvalue weighted by atomic mass is 10.1. The van der Waals surface area contributed by atoms with Crippen molar-refractivity contribution < 1.29 is 29.2 Å². The molecule has 0 amide bonds. The molecule has 2 aliphatic heterocycles. The van der Waals surface area contributed by atoms with E-state index in [-0.39, 0.29) is 22.9 Å². The third kappa shape index (κ3) is 4.62. The number of nitrogens with one attached hydrogen (secondary N) is 2. The van der Waals surface area contributed by atoms with E-state index in [1.807, 2.05) is 6.07 Å². The molecule has 14 nitrogen and oxygen atoms in total. The summed E-state index contributed by atoms with van der Waals surface area (Å²) in [6.07, 6.45) is -2.08. The van der Waals surface area contributed by atoms with E-state index in [1.165, 1.54) is 17.8 Å². The number of anilines is 2. The van der Waals surface area contributed by atoms with Gasteiger partial charge < -0.3 is 35.6 Å². The van der Waals surface area contributed by atoms with E-state index in [1.54, 1.807) is 18.3 Å². The summed E-state index contributed by atoms with van der Waals surface area (Å²) in [7, 11) is 0. The molecule has 6 N–H and O–H groups in total. The highest BCUT2D eigenvalue weighted by Gasteiger charge is 2.46. The zero-order valence-corrected chi connectivity index (χ0v) is 18.7. The Morgan fingerprint density at radius 1 is 1.26 bits per heavy atom. The number of Topliss-reactive ketones (excluding diaryl/α,β-unsaturated/α-hetero) is 1. The van der Waals surface area contributed by atoms with Crippen molar-refractivity contribution in [1.82, 2.24) is 19.5 Å². The first-order valence-corrected chi connectivity index (χ1v) is 10.5. The van der Waals surface area contributed by atoms with Crippen molar-refractivity contribution in [3.63, 3.8) is 0 Å². The molecule has 1 fully saturated rings. The van der Waals surface area contributed by atoms with Crippen molar-refractivity contribution in [2.45, 2.75) is 31.5 Å². The first-order valence-electron chi connectivity index (χ1n) is 10.5. The van der Waals surface area contributed by atoms with Crippen molar-refractivity contribution >= 4 is 41.6 Å². The number of rotatable bonds is 5. The third-order valence-electron chi connectivity index (χ3n) is 5.31. The fraction of sp³-hybridized carbons (Fsp3) is 0.333. The number of ether oxygens (including phenoxy) is 3. The van der Waals surface area contributed by atoms with Crippen LogP contribution in [0, 0.1) is 5.41 Å². The lowest BCUT2D eigenvalue weighted by Crippen LogP contribution is -2.34. The first-order chi connectivity index (χ1) is 16.9. The highest BCUT2D eigenvalue weighted by molar-refractivity contribution is 5.84.